The molecule has 3 nitrogen and oxygen atoms in total. The van der Waals surface area contributed by atoms with Crippen molar-refractivity contribution in [2.75, 3.05) is 13.2 Å². The lowest BCUT2D eigenvalue weighted by Crippen LogP contribution is -2.57. The second-order valence-corrected chi connectivity index (χ2v) is 3.83. The van der Waals surface area contributed by atoms with Gasteiger partial charge >= 0.3 is 0 Å². The van der Waals surface area contributed by atoms with E-state index >= 15 is 0 Å². The van der Waals surface area contributed by atoms with Gasteiger partial charge in [-0.25, -0.2) is 0 Å². The fourth-order valence-corrected chi connectivity index (χ4v) is 1.86. The van der Waals surface area contributed by atoms with Gasteiger partial charge in [-0.15, -0.1) is 0 Å². The van der Waals surface area contributed by atoms with Crippen LogP contribution >= 0.6 is 0 Å². The lowest BCUT2D eigenvalue weighted by molar-refractivity contribution is -0.430. The van der Waals surface area contributed by atoms with Gasteiger partial charge in [-0.05, 0) is 12.8 Å². The van der Waals surface area contributed by atoms with Crippen molar-refractivity contribution in [2.24, 2.45) is 0 Å². The van der Waals surface area contributed by atoms with Crippen LogP contribution in [0.2, 0.25) is 0 Å². The second-order valence-electron chi connectivity index (χ2n) is 3.83. The van der Waals surface area contributed by atoms with Crippen molar-refractivity contribution in [3.05, 3.63) is 0 Å². The van der Waals surface area contributed by atoms with E-state index in [0.29, 0.717) is 0 Å². The summed E-state index contributed by atoms with van der Waals surface area (Å²) in [6.45, 7) is 5.85. The molecule has 0 spiro atoms. The van der Waals surface area contributed by atoms with Gasteiger partial charge in [0.15, 0.2) is 11.6 Å². The maximum Gasteiger partial charge on any atom is 0.173 e. The first-order valence-corrected chi connectivity index (χ1v) is 5.22. The quantitative estimate of drug-likeness (QED) is 0.672. The molecule has 0 aliphatic carbocycles. The average molecular weight is 186 g/mol. The van der Waals surface area contributed by atoms with Crippen LogP contribution in [0.1, 0.15) is 39.5 Å². The summed E-state index contributed by atoms with van der Waals surface area (Å²) in [5, 5.41) is 0. The molecule has 2 aliphatic rings. The lowest BCUT2D eigenvalue weighted by atomic mass is 10.0. The van der Waals surface area contributed by atoms with Crippen LogP contribution in [-0.2, 0) is 14.2 Å². The van der Waals surface area contributed by atoms with Gasteiger partial charge in [0.2, 0.25) is 0 Å². The third-order valence-corrected chi connectivity index (χ3v) is 3.15. The lowest BCUT2D eigenvalue weighted by Gasteiger charge is -2.51. The third-order valence-electron chi connectivity index (χ3n) is 3.15. The molecule has 2 rings (SSSR count). The molecule has 0 saturated carbocycles. The van der Waals surface area contributed by atoms with E-state index in [1.165, 1.54) is 0 Å². The van der Waals surface area contributed by atoms with Crippen molar-refractivity contribution in [2.45, 2.75) is 51.1 Å². The zero-order chi connectivity index (χ0) is 9.36. The topological polar surface area (TPSA) is 27.7 Å². The number of rotatable bonds is 4. The zero-order valence-electron chi connectivity index (χ0n) is 8.47. The van der Waals surface area contributed by atoms with E-state index in [2.05, 4.69) is 13.8 Å². The van der Waals surface area contributed by atoms with E-state index < -0.39 is 0 Å². The Labute approximate surface area is 79.4 Å². The van der Waals surface area contributed by atoms with Crippen molar-refractivity contribution in [3.63, 3.8) is 0 Å². The number of hydrogen-bond donors (Lipinski definition) is 0. The van der Waals surface area contributed by atoms with Gasteiger partial charge in [0.05, 0.1) is 13.2 Å². The first-order valence-electron chi connectivity index (χ1n) is 5.22. The average Bonchev–Trinajstić information content (AvgIpc) is 2.02. The van der Waals surface area contributed by atoms with Crippen LogP contribution < -0.4 is 0 Å². The molecule has 2 aliphatic heterocycles. The molecule has 13 heavy (non-hydrogen) atoms. The molecular weight excluding hydrogens is 168 g/mol. The van der Waals surface area contributed by atoms with E-state index in [9.17, 15) is 0 Å². The Morgan fingerprint density at radius 1 is 1.00 bits per heavy atom. The van der Waals surface area contributed by atoms with Crippen LogP contribution in [-0.4, -0.2) is 24.8 Å². The van der Waals surface area contributed by atoms with Crippen LogP contribution in [0.5, 0.6) is 0 Å². The Balaban J connectivity index is 1.94. The molecule has 0 radical (unpaired) electrons. The summed E-state index contributed by atoms with van der Waals surface area (Å²) < 4.78 is 16.9. The fraction of sp³-hybridized carbons (Fsp3) is 1.00. The highest BCUT2D eigenvalue weighted by molar-refractivity contribution is 4.84. The minimum atomic E-state index is -0.323. The smallest absolute Gasteiger partial charge is 0.173 e. The first-order chi connectivity index (χ1) is 6.24. The second kappa shape index (κ2) is 3.23. The van der Waals surface area contributed by atoms with E-state index in [1.54, 1.807) is 0 Å². The summed E-state index contributed by atoms with van der Waals surface area (Å²) in [7, 11) is 0. The predicted octanol–water partition coefficient (Wildman–Crippen LogP) is 2.06. The Kier molecular flexibility index (Phi) is 2.34. The standard InChI is InChI=1S/C10H18O3/c1-3-9(5-7-11-9)13-10(4-2)6-8-12-10/h3-8H2,1-2H3. The largest absolute Gasteiger partial charge is 0.349 e. The Hall–Kier alpha value is -0.120. The highest BCUT2D eigenvalue weighted by Gasteiger charge is 2.49. The minimum absolute atomic E-state index is 0.323. The minimum Gasteiger partial charge on any atom is -0.349 e. The van der Waals surface area contributed by atoms with Crippen molar-refractivity contribution in [3.8, 4) is 0 Å². The molecule has 0 aromatic rings. The van der Waals surface area contributed by atoms with E-state index in [1.807, 2.05) is 0 Å². The molecule has 0 bridgehead atoms. The normalized spacial score (nSPS) is 43.8. The first kappa shape index (κ1) is 9.44. The molecule has 2 atom stereocenters. The Bertz CT molecular complexity index is 152. The molecule has 0 aromatic carbocycles. The summed E-state index contributed by atoms with van der Waals surface area (Å²) in [5.74, 6) is -0.646. The molecule has 2 unspecified atom stereocenters. The zero-order valence-corrected chi connectivity index (χ0v) is 8.47. The molecule has 0 aromatic heterocycles. The Morgan fingerprint density at radius 3 is 1.54 bits per heavy atom. The van der Waals surface area contributed by atoms with Crippen molar-refractivity contribution >= 4 is 0 Å². The third kappa shape index (κ3) is 1.49. The monoisotopic (exact) mass is 186 g/mol. The van der Waals surface area contributed by atoms with E-state index in [4.69, 9.17) is 14.2 Å². The maximum atomic E-state index is 5.95. The summed E-state index contributed by atoms with van der Waals surface area (Å²) in [4.78, 5) is 0. The van der Waals surface area contributed by atoms with Crippen LogP contribution in [0.3, 0.4) is 0 Å². The summed E-state index contributed by atoms with van der Waals surface area (Å²) in [6, 6.07) is 0. The van der Waals surface area contributed by atoms with Gasteiger partial charge in [0.1, 0.15) is 0 Å². The van der Waals surface area contributed by atoms with Crippen LogP contribution in [0.25, 0.3) is 0 Å². The van der Waals surface area contributed by atoms with E-state index in [-0.39, 0.29) is 11.6 Å². The molecular formula is C10H18O3. The summed E-state index contributed by atoms with van der Waals surface area (Å²) >= 11 is 0. The van der Waals surface area contributed by atoms with Gasteiger partial charge in [0, 0.05) is 12.8 Å². The van der Waals surface area contributed by atoms with Crippen LogP contribution in [0, 0.1) is 0 Å². The van der Waals surface area contributed by atoms with Crippen molar-refractivity contribution in [1.29, 1.82) is 0 Å². The van der Waals surface area contributed by atoms with Gasteiger partial charge in [0.25, 0.3) is 0 Å². The highest BCUT2D eigenvalue weighted by atomic mass is 16.8. The molecule has 2 heterocycles. The summed E-state index contributed by atoms with van der Waals surface area (Å²) in [5.41, 5.74) is 0. The molecule has 3 heteroatoms. The van der Waals surface area contributed by atoms with Gasteiger partial charge < -0.3 is 14.2 Å². The molecule has 76 valence electrons. The van der Waals surface area contributed by atoms with Crippen molar-refractivity contribution in [1.82, 2.24) is 0 Å². The molecule has 2 fully saturated rings. The maximum absolute atomic E-state index is 5.95. The van der Waals surface area contributed by atoms with Gasteiger partial charge in [-0.1, -0.05) is 13.8 Å². The fourth-order valence-electron chi connectivity index (χ4n) is 1.86. The van der Waals surface area contributed by atoms with Crippen LogP contribution in [0.15, 0.2) is 0 Å². The van der Waals surface area contributed by atoms with Gasteiger partial charge in [-0.3, -0.25) is 0 Å². The summed E-state index contributed by atoms with van der Waals surface area (Å²) in [6.07, 6.45) is 3.85. The predicted molar refractivity (Wildman–Crippen MR) is 48.3 cm³/mol. The van der Waals surface area contributed by atoms with Crippen LogP contribution in [0.4, 0.5) is 0 Å². The SMILES string of the molecule is CCC1(OC2(CC)CCO2)CCO1. The number of ether oxygens (including phenoxy) is 3. The molecule has 0 N–H and O–H groups in total. The molecule has 2 saturated heterocycles. The van der Waals surface area contributed by atoms with Crippen molar-refractivity contribution < 1.29 is 14.2 Å². The van der Waals surface area contributed by atoms with E-state index in [0.717, 1.165) is 38.9 Å². The van der Waals surface area contributed by atoms with Gasteiger partial charge in [-0.2, -0.15) is 0 Å². The Morgan fingerprint density at radius 2 is 1.38 bits per heavy atom. The number of hydrogen-bond acceptors (Lipinski definition) is 3. The highest BCUT2D eigenvalue weighted by Crippen LogP contribution is 2.41. The molecule has 0 amide bonds.